The van der Waals surface area contributed by atoms with E-state index in [0.717, 1.165) is 36.7 Å². The zero-order valence-corrected chi connectivity index (χ0v) is 16.8. The summed E-state index contributed by atoms with van der Waals surface area (Å²) in [6.07, 6.45) is 2.52. The number of likely N-dealkylation sites (N-methyl/N-ethyl adjacent to an activating group) is 1. The van der Waals surface area contributed by atoms with Crippen LogP contribution in [0.15, 0.2) is 22.1 Å². The summed E-state index contributed by atoms with van der Waals surface area (Å²) < 4.78 is 1.99. The molecule has 9 heteroatoms. The van der Waals surface area contributed by atoms with Crippen molar-refractivity contribution in [2.75, 3.05) is 19.0 Å². The van der Waals surface area contributed by atoms with Gasteiger partial charge < -0.3 is 15.7 Å². The Hall–Kier alpha value is -0.770. The summed E-state index contributed by atoms with van der Waals surface area (Å²) in [5, 5.41) is 19.3. The molecule has 0 spiro atoms. The molecule has 3 N–H and O–H groups in total. The fraction of sp³-hybridized carbons (Fsp3) is 0.333. The maximum Gasteiger partial charge on any atom is 0.131 e. The molecule has 0 aliphatic rings. The summed E-state index contributed by atoms with van der Waals surface area (Å²) in [7, 11) is 1.85. The molecule has 0 radical (unpaired) electrons. The van der Waals surface area contributed by atoms with E-state index in [9.17, 15) is 5.11 Å². The van der Waals surface area contributed by atoms with Crippen molar-refractivity contribution in [3.63, 3.8) is 0 Å². The fourth-order valence-electron chi connectivity index (χ4n) is 2.31. The van der Waals surface area contributed by atoms with Gasteiger partial charge in [-0.05, 0) is 23.0 Å². The van der Waals surface area contributed by atoms with Crippen LogP contribution in [0.1, 0.15) is 9.88 Å². The molecule has 0 aliphatic carbocycles. The largest absolute Gasteiger partial charge is 0.395 e. The van der Waals surface area contributed by atoms with Gasteiger partial charge in [0, 0.05) is 35.0 Å². The van der Waals surface area contributed by atoms with E-state index in [-0.39, 0.29) is 12.6 Å². The molecule has 3 aromatic heterocycles. The van der Waals surface area contributed by atoms with E-state index in [2.05, 4.69) is 36.5 Å². The number of hydrogen-bond acceptors (Lipinski definition) is 7. The molecule has 0 saturated heterocycles. The zero-order chi connectivity index (χ0) is 17.1. The number of pyridine rings is 1. The highest BCUT2D eigenvalue weighted by molar-refractivity contribution is 9.10. The van der Waals surface area contributed by atoms with Gasteiger partial charge in [0.15, 0.2) is 0 Å². The van der Waals surface area contributed by atoms with E-state index in [0.29, 0.717) is 11.7 Å². The molecule has 3 rings (SSSR count). The lowest BCUT2D eigenvalue weighted by molar-refractivity contribution is 0.248. The molecule has 128 valence electrons. The summed E-state index contributed by atoms with van der Waals surface area (Å²) >= 11 is 13.1. The van der Waals surface area contributed by atoms with Gasteiger partial charge in [0.1, 0.15) is 10.2 Å². The maximum absolute atomic E-state index is 9.41. The second-order valence-electron chi connectivity index (χ2n) is 5.16. The zero-order valence-electron chi connectivity index (χ0n) is 12.8. The minimum Gasteiger partial charge on any atom is -0.395 e. The average Bonchev–Trinajstić information content (AvgIpc) is 3.20. The lowest BCUT2D eigenvalue weighted by atomic mass is 10.2. The topological polar surface area (TPSA) is 70.1 Å². The number of hydrogen-bond donors (Lipinski definition) is 3. The van der Waals surface area contributed by atoms with Crippen LogP contribution in [-0.2, 0) is 13.0 Å². The Morgan fingerprint density at radius 1 is 1.46 bits per heavy atom. The third-order valence-electron chi connectivity index (χ3n) is 3.59. The number of nitrogens with zero attached hydrogens (tertiary/aromatic N) is 2. The van der Waals surface area contributed by atoms with Crippen molar-refractivity contribution in [3.8, 4) is 0 Å². The SMILES string of the molecule is CN[C@@H](CO)Cc1sc2c(NCc3nccs3)cc(Cl)nc2c1Br. The first-order chi connectivity index (χ1) is 11.6. The highest BCUT2D eigenvalue weighted by atomic mass is 79.9. The molecule has 5 nitrogen and oxygen atoms in total. The number of aliphatic hydroxyl groups is 1. The number of thiazole rings is 1. The van der Waals surface area contributed by atoms with E-state index in [1.54, 1.807) is 28.9 Å². The van der Waals surface area contributed by atoms with Crippen LogP contribution in [0.25, 0.3) is 10.2 Å². The number of anilines is 1. The molecule has 1 atom stereocenters. The molecule has 0 unspecified atom stereocenters. The Bertz CT molecular complexity index is 821. The van der Waals surface area contributed by atoms with E-state index in [4.69, 9.17) is 11.6 Å². The third-order valence-corrected chi connectivity index (χ3v) is 6.92. The van der Waals surface area contributed by atoms with Crippen LogP contribution in [0.5, 0.6) is 0 Å². The molecule has 0 amide bonds. The monoisotopic (exact) mass is 446 g/mol. The van der Waals surface area contributed by atoms with Crippen molar-refractivity contribution >= 4 is 66.1 Å². The Balaban J connectivity index is 1.94. The summed E-state index contributed by atoms with van der Waals surface area (Å²) in [4.78, 5) is 9.87. The lowest BCUT2D eigenvalue weighted by Crippen LogP contribution is -2.30. The van der Waals surface area contributed by atoms with Gasteiger partial charge in [-0.15, -0.1) is 22.7 Å². The summed E-state index contributed by atoms with van der Waals surface area (Å²) in [5.74, 6) is 0. The normalized spacial score (nSPS) is 12.7. The highest BCUT2D eigenvalue weighted by Crippen LogP contribution is 2.40. The van der Waals surface area contributed by atoms with Crippen LogP contribution in [0, 0.1) is 0 Å². The third kappa shape index (κ3) is 3.89. The van der Waals surface area contributed by atoms with Gasteiger partial charge >= 0.3 is 0 Å². The van der Waals surface area contributed by atoms with Gasteiger partial charge in [-0.1, -0.05) is 11.6 Å². The number of aromatic nitrogens is 2. The minimum absolute atomic E-state index is 0.0107. The molecule has 0 aliphatic heterocycles. The van der Waals surface area contributed by atoms with Gasteiger partial charge in [-0.25, -0.2) is 9.97 Å². The van der Waals surface area contributed by atoms with Gasteiger partial charge in [0.2, 0.25) is 0 Å². The second-order valence-corrected chi connectivity index (χ2v) is 8.43. The standard InChI is InChI=1S/C15H16BrClN4OS2/c1-18-8(7-22)4-10-13(16)14-15(24-10)9(5-11(17)21-14)20-6-12-19-2-3-23-12/h2-3,5,8,18,22H,4,6-7H2,1H3,(H,20,21)/t8-/m1/s1. The second kappa shape index (κ2) is 8.07. The molecule has 0 bridgehead atoms. The number of rotatable bonds is 7. The Morgan fingerprint density at radius 2 is 2.29 bits per heavy atom. The molecular weight excluding hydrogens is 432 g/mol. The maximum atomic E-state index is 9.41. The van der Waals surface area contributed by atoms with Gasteiger partial charge in [-0.3, -0.25) is 0 Å². The van der Waals surface area contributed by atoms with Crippen molar-refractivity contribution < 1.29 is 5.11 Å². The summed E-state index contributed by atoms with van der Waals surface area (Å²) in [5.41, 5.74) is 1.79. The molecule has 0 saturated carbocycles. The smallest absolute Gasteiger partial charge is 0.131 e. The van der Waals surface area contributed by atoms with Crippen LogP contribution in [0.2, 0.25) is 5.15 Å². The van der Waals surface area contributed by atoms with Crippen molar-refractivity contribution in [1.82, 2.24) is 15.3 Å². The number of halogens is 2. The number of aliphatic hydroxyl groups excluding tert-OH is 1. The number of fused-ring (bicyclic) bond motifs is 1. The molecule has 24 heavy (non-hydrogen) atoms. The van der Waals surface area contributed by atoms with Crippen molar-refractivity contribution in [2.24, 2.45) is 0 Å². The van der Waals surface area contributed by atoms with E-state index >= 15 is 0 Å². The Morgan fingerprint density at radius 3 is 2.96 bits per heavy atom. The van der Waals surface area contributed by atoms with Crippen molar-refractivity contribution in [2.45, 2.75) is 19.0 Å². The lowest BCUT2D eigenvalue weighted by Gasteiger charge is -2.11. The summed E-state index contributed by atoms with van der Waals surface area (Å²) in [6.45, 7) is 0.730. The first-order valence-corrected chi connectivity index (χ1v) is 10.2. The van der Waals surface area contributed by atoms with Crippen molar-refractivity contribution in [3.05, 3.63) is 37.2 Å². The van der Waals surface area contributed by atoms with Crippen LogP contribution in [0.4, 0.5) is 5.69 Å². The van der Waals surface area contributed by atoms with Gasteiger partial charge in [0.25, 0.3) is 0 Å². The number of thiophene rings is 1. The highest BCUT2D eigenvalue weighted by Gasteiger charge is 2.18. The first kappa shape index (κ1) is 18.0. The van der Waals surface area contributed by atoms with Crippen LogP contribution < -0.4 is 10.6 Å². The van der Waals surface area contributed by atoms with Crippen LogP contribution in [0.3, 0.4) is 0 Å². The number of nitrogens with one attached hydrogen (secondary N) is 2. The fourth-order valence-corrected chi connectivity index (χ4v) is 5.08. The predicted octanol–water partition coefficient (Wildman–Crippen LogP) is 3.90. The quantitative estimate of drug-likeness (QED) is 0.479. The van der Waals surface area contributed by atoms with Crippen LogP contribution in [-0.4, -0.2) is 34.8 Å². The van der Waals surface area contributed by atoms with Crippen molar-refractivity contribution in [1.29, 1.82) is 0 Å². The van der Waals surface area contributed by atoms with Crippen LogP contribution >= 0.6 is 50.2 Å². The molecule has 0 fully saturated rings. The van der Waals surface area contributed by atoms with E-state index < -0.39 is 0 Å². The van der Waals surface area contributed by atoms with E-state index in [1.165, 1.54) is 0 Å². The average molecular weight is 448 g/mol. The molecular formula is C15H16BrClN4OS2. The van der Waals surface area contributed by atoms with E-state index in [1.807, 2.05) is 18.5 Å². The molecule has 3 aromatic rings. The first-order valence-electron chi connectivity index (χ1n) is 7.30. The molecule has 0 aromatic carbocycles. The Kier molecular flexibility index (Phi) is 6.07. The van der Waals surface area contributed by atoms with Gasteiger partial charge in [-0.2, -0.15) is 0 Å². The summed E-state index contributed by atoms with van der Waals surface area (Å²) in [6, 6.07) is 1.85. The molecule has 3 heterocycles. The minimum atomic E-state index is 0.0107. The van der Waals surface area contributed by atoms with Gasteiger partial charge in [0.05, 0.1) is 33.5 Å². The Labute approximate surface area is 161 Å². The predicted molar refractivity (Wildman–Crippen MR) is 105 cm³/mol.